The number of aromatic nitrogens is 1. The zero-order valence-corrected chi connectivity index (χ0v) is 16.7. The zero-order chi connectivity index (χ0) is 20.1. The number of halogens is 1. The number of benzene rings is 2. The molecule has 0 spiro atoms. The van der Waals surface area contributed by atoms with Crippen LogP contribution in [-0.4, -0.2) is 21.9 Å². The van der Waals surface area contributed by atoms with Gasteiger partial charge in [0.15, 0.2) is 0 Å². The van der Waals surface area contributed by atoms with Crippen LogP contribution >= 0.6 is 0 Å². The summed E-state index contributed by atoms with van der Waals surface area (Å²) in [5.41, 5.74) is 3.66. The lowest BCUT2D eigenvalue weighted by Gasteiger charge is -2.26. The largest absolute Gasteiger partial charge is 0.345 e. The lowest BCUT2D eigenvalue weighted by molar-refractivity contribution is 0.0718. The number of rotatable bonds is 7. The predicted molar refractivity (Wildman–Crippen MR) is 111 cm³/mol. The maximum absolute atomic E-state index is 13.5. The number of carbonyl (C=O) groups excluding carboxylic acids is 1. The summed E-state index contributed by atoms with van der Waals surface area (Å²) in [7, 11) is 0. The van der Waals surface area contributed by atoms with Gasteiger partial charge in [-0.3, -0.25) is 4.79 Å². The van der Waals surface area contributed by atoms with Crippen molar-refractivity contribution in [1.82, 2.24) is 9.47 Å². The molecule has 146 valence electrons. The van der Waals surface area contributed by atoms with E-state index >= 15 is 0 Å². The third kappa shape index (κ3) is 4.89. The Morgan fingerprint density at radius 2 is 1.86 bits per heavy atom. The molecular formula is C24H27FN2O. The molecule has 0 unspecified atom stereocenters. The molecule has 28 heavy (non-hydrogen) atoms. The topological polar surface area (TPSA) is 25.2 Å². The maximum Gasteiger partial charge on any atom is 0.254 e. The minimum atomic E-state index is -0.234. The molecule has 2 aromatic carbocycles. The van der Waals surface area contributed by atoms with E-state index in [-0.39, 0.29) is 11.7 Å². The van der Waals surface area contributed by atoms with E-state index in [0.717, 1.165) is 22.4 Å². The van der Waals surface area contributed by atoms with Gasteiger partial charge in [0.1, 0.15) is 5.82 Å². The Balaban J connectivity index is 1.83. The van der Waals surface area contributed by atoms with Crippen LogP contribution in [0.1, 0.15) is 41.0 Å². The summed E-state index contributed by atoms with van der Waals surface area (Å²) >= 11 is 0. The number of amides is 1. The Morgan fingerprint density at radius 3 is 2.57 bits per heavy atom. The van der Waals surface area contributed by atoms with Crippen molar-refractivity contribution in [3.8, 4) is 0 Å². The molecule has 0 aliphatic heterocycles. The SMILES string of the molecule is Cc1ccccc1C(=O)N(Cc1cccn1Cc1cccc(F)c1)CC(C)C. The first-order valence-corrected chi connectivity index (χ1v) is 9.67. The summed E-state index contributed by atoms with van der Waals surface area (Å²) < 4.78 is 15.6. The van der Waals surface area contributed by atoms with Crippen LogP contribution in [0.2, 0.25) is 0 Å². The maximum atomic E-state index is 13.5. The standard InChI is InChI=1S/C24H27FN2O/c1-18(2)15-27(24(28)23-12-5-4-8-19(23)3)17-22-11-7-13-26(22)16-20-9-6-10-21(25)14-20/h4-14,18H,15-17H2,1-3H3. The summed E-state index contributed by atoms with van der Waals surface area (Å²) in [6.07, 6.45) is 1.98. The molecule has 3 rings (SSSR count). The minimum Gasteiger partial charge on any atom is -0.345 e. The number of hydrogen-bond donors (Lipinski definition) is 0. The lowest BCUT2D eigenvalue weighted by Crippen LogP contribution is -2.34. The molecule has 1 aromatic heterocycles. The molecule has 0 N–H and O–H groups in total. The molecule has 1 amide bonds. The van der Waals surface area contributed by atoms with Gasteiger partial charge in [0.25, 0.3) is 5.91 Å². The van der Waals surface area contributed by atoms with Gasteiger partial charge < -0.3 is 9.47 Å². The first-order chi connectivity index (χ1) is 13.4. The van der Waals surface area contributed by atoms with Crippen molar-refractivity contribution in [3.05, 3.63) is 95.1 Å². The van der Waals surface area contributed by atoms with Crippen LogP contribution in [0.25, 0.3) is 0 Å². The second kappa shape index (κ2) is 8.87. The van der Waals surface area contributed by atoms with Gasteiger partial charge in [-0.2, -0.15) is 0 Å². The van der Waals surface area contributed by atoms with Crippen molar-refractivity contribution < 1.29 is 9.18 Å². The highest BCUT2D eigenvalue weighted by atomic mass is 19.1. The predicted octanol–water partition coefficient (Wildman–Crippen LogP) is 5.28. The van der Waals surface area contributed by atoms with Crippen LogP contribution in [-0.2, 0) is 13.1 Å². The van der Waals surface area contributed by atoms with Crippen LogP contribution < -0.4 is 0 Å². The van der Waals surface area contributed by atoms with Gasteiger partial charge in [0.2, 0.25) is 0 Å². The first kappa shape index (κ1) is 19.9. The molecule has 0 bridgehead atoms. The van der Waals surface area contributed by atoms with Crippen LogP contribution in [0.15, 0.2) is 66.9 Å². The Morgan fingerprint density at radius 1 is 1.07 bits per heavy atom. The van der Waals surface area contributed by atoms with Gasteiger partial charge in [0.05, 0.1) is 6.54 Å². The van der Waals surface area contributed by atoms with Gasteiger partial charge in [-0.15, -0.1) is 0 Å². The highest BCUT2D eigenvalue weighted by Crippen LogP contribution is 2.17. The lowest BCUT2D eigenvalue weighted by atomic mass is 10.1. The normalized spacial score (nSPS) is 11.0. The Kier molecular flexibility index (Phi) is 6.30. The van der Waals surface area contributed by atoms with Crippen molar-refractivity contribution in [2.75, 3.05) is 6.54 Å². The number of hydrogen-bond acceptors (Lipinski definition) is 1. The Bertz CT molecular complexity index is 945. The molecule has 4 heteroatoms. The van der Waals surface area contributed by atoms with E-state index in [2.05, 4.69) is 18.4 Å². The molecule has 0 radical (unpaired) electrons. The summed E-state index contributed by atoms with van der Waals surface area (Å²) in [6.45, 7) is 7.97. The van der Waals surface area contributed by atoms with Gasteiger partial charge in [-0.05, 0) is 54.3 Å². The fourth-order valence-corrected chi connectivity index (χ4v) is 3.42. The average Bonchev–Trinajstić information content (AvgIpc) is 3.07. The molecule has 0 saturated carbocycles. The minimum absolute atomic E-state index is 0.0466. The van der Waals surface area contributed by atoms with Gasteiger partial charge in [-0.25, -0.2) is 4.39 Å². The third-order valence-electron chi connectivity index (χ3n) is 4.77. The molecule has 1 heterocycles. The van der Waals surface area contributed by atoms with E-state index in [4.69, 9.17) is 0 Å². The average molecular weight is 378 g/mol. The van der Waals surface area contributed by atoms with Crippen LogP contribution in [0, 0.1) is 18.7 Å². The van der Waals surface area contributed by atoms with E-state index in [0.29, 0.717) is 25.6 Å². The number of carbonyl (C=O) groups is 1. The van der Waals surface area contributed by atoms with Gasteiger partial charge in [-0.1, -0.05) is 44.2 Å². The van der Waals surface area contributed by atoms with Crippen LogP contribution in [0.4, 0.5) is 4.39 Å². The van der Waals surface area contributed by atoms with Gasteiger partial charge in [0, 0.05) is 30.5 Å². The summed E-state index contributed by atoms with van der Waals surface area (Å²) in [4.78, 5) is 15.1. The smallest absolute Gasteiger partial charge is 0.254 e. The first-order valence-electron chi connectivity index (χ1n) is 9.67. The highest BCUT2D eigenvalue weighted by molar-refractivity contribution is 5.95. The molecule has 0 saturated heterocycles. The van der Waals surface area contributed by atoms with Crippen molar-refractivity contribution in [2.24, 2.45) is 5.92 Å². The van der Waals surface area contributed by atoms with E-state index in [1.54, 1.807) is 12.1 Å². The second-order valence-corrected chi connectivity index (χ2v) is 7.65. The number of nitrogens with zero attached hydrogens (tertiary/aromatic N) is 2. The van der Waals surface area contributed by atoms with Crippen LogP contribution in [0.5, 0.6) is 0 Å². The second-order valence-electron chi connectivity index (χ2n) is 7.65. The van der Waals surface area contributed by atoms with E-state index < -0.39 is 0 Å². The highest BCUT2D eigenvalue weighted by Gasteiger charge is 2.20. The van der Waals surface area contributed by atoms with Crippen LogP contribution in [0.3, 0.4) is 0 Å². The quantitative estimate of drug-likeness (QED) is 0.549. The molecule has 0 fully saturated rings. The number of aryl methyl sites for hydroxylation is 1. The molecule has 3 nitrogen and oxygen atoms in total. The summed E-state index contributed by atoms with van der Waals surface area (Å²) in [5.74, 6) is 0.173. The Hall–Kier alpha value is -2.88. The summed E-state index contributed by atoms with van der Waals surface area (Å²) in [5, 5.41) is 0. The van der Waals surface area contributed by atoms with E-state index in [1.807, 2.05) is 60.5 Å². The third-order valence-corrected chi connectivity index (χ3v) is 4.77. The summed E-state index contributed by atoms with van der Waals surface area (Å²) in [6, 6.07) is 18.3. The van der Waals surface area contributed by atoms with Gasteiger partial charge >= 0.3 is 0 Å². The van der Waals surface area contributed by atoms with Crippen molar-refractivity contribution in [2.45, 2.75) is 33.9 Å². The van der Waals surface area contributed by atoms with Crippen molar-refractivity contribution in [3.63, 3.8) is 0 Å². The monoisotopic (exact) mass is 378 g/mol. The molecule has 0 atom stereocenters. The van der Waals surface area contributed by atoms with E-state index in [1.165, 1.54) is 6.07 Å². The Labute approximate surface area is 166 Å². The molecule has 0 aliphatic carbocycles. The molecular weight excluding hydrogens is 351 g/mol. The molecule has 0 aliphatic rings. The van der Waals surface area contributed by atoms with E-state index in [9.17, 15) is 9.18 Å². The van der Waals surface area contributed by atoms with Crippen molar-refractivity contribution in [1.29, 1.82) is 0 Å². The zero-order valence-electron chi connectivity index (χ0n) is 16.7. The van der Waals surface area contributed by atoms with Crippen molar-refractivity contribution >= 4 is 5.91 Å². The molecule has 3 aromatic rings. The fourth-order valence-electron chi connectivity index (χ4n) is 3.42. The fraction of sp³-hybridized carbons (Fsp3) is 0.292.